The smallest absolute Gasteiger partial charge is 0.127 e. The highest BCUT2D eigenvalue weighted by molar-refractivity contribution is 9.10. The number of nitrogens with one attached hydrogen (secondary N) is 1. The minimum atomic E-state index is -0.110. The zero-order chi connectivity index (χ0) is 13.4. The van der Waals surface area contributed by atoms with E-state index in [1.807, 2.05) is 12.1 Å². The van der Waals surface area contributed by atoms with Gasteiger partial charge < -0.3 is 5.32 Å². The van der Waals surface area contributed by atoms with Gasteiger partial charge in [-0.1, -0.05) is 42.8 Å². The lowest BCUT2D eigenvalue weighted by atomic mass is 9.69. The van der Waals surface area contributed by atoms with Crippen LogP contribution in [0.2, 0.25) is 0 Å². The summed E-state index contributed by atoms with van der Waals surface area (Å²) in [7, 11) is 0. The maximum Gasteiger partial charge on any atom is 0.127 e. The Balaban J connectivity index is 2.30. The van der Waals surface area contributed by atoms with E-state index in [2.05, 4.69) is 42.0 Å². The van der Waals surface area contributed by atoms with Crippen molar-refractivity contribution >= 4 is 15.9 Å². The molecule has 1 atom stereocenters. The van der Waals surface area contributed by atoms with Gasteiger partial charge in [-0.3, -0.25) is 0 Å². The van der Waals surface area contributed by atoms with Crippen molar-refractivity contribution in [3.63, 3.8) is 0 Å². The minimum Gasteiger partial charge on any atom is -0.310 e. The maximum absolute atomic E-state index is 14.0. The van der Waals surface area contributed by atoms with Gasteiger partial charge in [0.05, 0.1) is 0 Å². The maximum atomic E-state index is 14.0. The highest BCUT2D eigenvalue weighted by Gasteiger charge is 2.44. The van der Waals surface area contributed by atoms with Gasteiger partial charge in [-0.05, 0) is 48.9 Å². The molecule has 1 fully saturated rings. The van der Waals surface area contributed by atoms with E-state index in [0.717, 1.165) is 29.4 Å². The summed E-state index contributed by atoms with van der Waals surface area (Å²) in [4.78, 5) is 0. The number of hydrogen-bond acceptors (Lipinski definition) is 1. The average Bonchev–Trinajstić information content (AvgIpc) is 2.71. The first-order chi connectivity index (χ1) is 8.34. The molecule has 1 aromatic carbocycles. The van der Waals surface area contributed by atoms with Gasteiger partial charge in [-0.2, -0.15) is 0 Å². The molecule has 1 aliphatic heterocycles. The van der Waals surface area contributed by atoms with Gasteiger partial charge in [0.1, 0.15) is 5.82 Å². The number of rotatable bonds is 2. The van der Waals surface area contributed by atoms with Crippen LogP contribution in [0, 0.1) is 11.2 Å². The molecule has 0 aliphatic carbocycles. The third-order valence-corrected chi connectivity index (χ3v) is 4.68. The van der Waals surface area contributed by atoms with Crippen molar-refractivity contribution < 1.29 is 4.39 Å². The summed E-state index contributed by atoms with van der Waals surface area (Å²) in [5.74, 6) is -0.110. The van der Waals surface area contributed by atoms with Crippen LogP contribution in [0.5, 0.6) is 0 Å². The first-order valence-electron chi connectivity index (χ1n) is 6.53. The van der Waals surface area contributed by atoms with E-state index in [-0.39, 0.29) is 16.8 Å². The van der Waals surface area contributed by atoms with Crippen LogP contribution in [-0.4, -0.2) is 12.1 Å². The normalized spacial score (nSPS) is 24.5. The lowest BCUT2D eigenvalue weighted by molar-refractivity contribution is 0.158. The number of benzene rings is 1. The van der Waals surface area contributed by atoms with Crippen molar-refractivity contribution in [2.24, 2.45) is 5.41 Å². The van der Waals surface area contributed by atoms with Gasteiger partial charge in [0.25, 0.3) is 0 Å². The van der Waals surface area contributed by atoms with Crippen molar-refractivity contribution in [2.75, 3.05) is 6.54 Å². The summed E-state index contributed by atoms with van der Waals surface area (Å²) in [6.45, 7) is 7.75. The van der Waals surface area contributed by atoms with Crippen molar-refractivity contribution in [2.45, 2.75) is 45.6 Å². The second-order valence-corrected chi connectivity index (χ2v) is 7.19. The Bertz CT molecular complexity index is 431. The lowest BCUT2D eigenvalue weighted by Crippen LogP contribution is -2.52. The topological polar surface area (TPSA) is 12.0 Å². The second kappa shape index (κ2) is 4.93. The molecule has 1 N–H and O–H groups in total. The van der Waals surface area contributed by atoms with Crippen LogP contribution in [0.4, 0.5) is 4.39 Å². The summed E-state index contributed by atoms with van der Waals surface area (Å²) in [5.41, 5.74) is 0.951. The van der Waals surface area contributed by atoms with Gasteiger partial charge in [0.15, 0.2) is 0 Å². The molecule has 1 saturated heterocycles. The highest BCUT2D eigenvalue weighted by atomic mass is 79.9. The fraction of sp³-hybridized carbons (Fsp3) is 0.600. The van der Waals surface area contributed by atoms with Crippen LogP contribution in [0.1, 0.15) is 39.2 Å². The van der Waals surface area contributed by atoms with E-state index in [4.69, 9.17) is 0 Å². The van der Waals surface area contributed by atoms with E-state index < -0.39 is 0 Å². The summed E-state index contributed by atoms with van der Waals surface area (Å²) in [6, 6.07) is 5.37. The Morgan fingerprint density at radius 3 is 2.61 bits per heavy atom. The molecule has 0 spiro atoms. The Morgan fingerprint density at radius 2 is 2.11 bits per heavy atom. The van der Waals surface area contributed by atoms with Crippen molar-refractivity contribution in [1.82, 2.24) is 5.32 Å². The average molecular weight is 314 g/mol. The summed E-state index contributed by atoms with van der Waals surface area (Å²) in [6.07, 6.45) is 3.05. The van der Waals surface area contributed by atoms with Crippen LogP contribution < -0.4 is 5.32 Å². The van der Waals surface area contributed by atoms with Crippen LogP contribution >= 0.6 is 15.9 Å². The number of halogens is 2. The predicted octanol–water partition coefficient (Wildman–Crippen LogP) is 4.30. The van der Waals surface area contributed by atoms with Gasteiger partial charge in [-0.15, -0.1) is 0 Å². The third-order valence-electron chi connectivity index (χ3n) is 4.19. The van der Waals surface area contributed by atoms with Crippen LogP contribution in [0.3, 0.4) is 0 Å². The zero-order valence-corrected chi connectivity index (χ0v) is 12.9. The Morgan fingerprint density at radius 1 is 1.39 bits per heavy atom. The molecule has 0 amide bonds. The van der Waals surface area contributed by atoms with Crippen LogP contribution in [-0.2, 0) is 6.42 Å². The van der Waals surface area contributed by atoms with Gasteiger partial charge in [0, 0.05) is 10.0 Å². The van der Waals surface area contributed by atoms with E-state index in [1.165, 1.54) is 6.42 Å². The summed E-state index contributed by atoms with van der Waals surface area (Å²) in [5, 5.41) is 3.62. The Kier molecular flexibility index (Phi) is 3.84. The molecule has 1 unspecified atom stereocenters. The predicted molar refractivity (Wildman–Crippen MR) is 77.2 cm³/mol. The van der Waals surface area contributed by atoms with E-state index >= 15 is 0 Å². The van der Waals surface area contributed by atoms with E-state index in [9.17, 15) is 4.39 Å². The quantitative estimate of drug-likeness (QED) is 0.858. The third kappa shape index (κ3) is 2.62. The van der Waals surface area contributed by atoms with E-state index in [1.54, 1.807) is 6.07 Å². The lowest BCUT2D eigenvalue weighted by Gasteiger charge is -2.42. The second-order valence-electron chi connectivity index (χ2n) is 6.27. The van der Waals surface area contributed by atoms with Gasteiger partial charge >= 0.3 is 0 Å². The summed E-state index contributed by atoms with van der Waals surface area (Å²) < 4.78 is 14.8. The zero-order valence-electron chi connectivity index (χ0n) is 11.3. The Labute approximate surface area is 117 Å². The number of hydrogen-bond donors (Lipinski definition) is 1. The first-order valence-corrected chi connectivity index (χ1v) is 7.32. The van der Waals surface area contributed by atoms with Crippen LogP contribution in [0.15, 0.2) is 22.7 Å². The van der Waals surface area contributed by atoms with E-state index in [0.29, 0.717) is 0 Å². The molecule has 1 heterocycles. The molecule has 0 radical (unpaired) electrons. The molecule has 18 heavy (non-hydrogen) atoms. The molecule has 100 valence electrons. The monoisotopic (exact) mass is 313 g/mol. The first kappa shape index (κ1) is 14.0. The van der Waals surface area contributed by atoms with Gasteiger partial charge in [0.2, 0.25) is 0 Å². The molecule has 2 rings (SSSR count). The fourth-order valence-corrected chi connectivity index (χ4v) is 3.19. The molecule has 1 aromatic rings. The van der Waals surface area contributed by atoms with Gasteiger partial charge in [-0.25, -0.2) is 4.39 Å². The van der Waals surface area contributed by atoms with Crippen molar-refractivity contribution in [3.8, 4) is 0 Å². The standard InChI is InChI=1S/C15H21BrFN/c1-14(2,3)15(7-4-8-18-15)10-11-5-6-12(16)9-13(11)17/h5-6,9,18H,4,7-8,10H2,1-3H3. The molecule has 0 aromatic heterocycles. The molecule has 3 heteroatoms. The minimum absolute atomic E-state index is 0.0155. The molecule has 1 nitrogen and oxygen atoms in total. The molecular weight excluding hydrogens is 293 g/mol. The molecular formula is C15H21BrFN. The highest BCUT2D eigenvalue weighted by Crippen LogP contribution is 2.40. The Hall–Kier alpha value is -0.410. The van der Waals surface area contributed by atoms with Crippen molar-refractivity contribution in [1.29, 1.82) is 0 Å². The molecule has 0 bridgehead atoms. The fourth-order valence-electron chi connectivity index (χ4n) is 2.85. The van der Waals surface area contributed by atoms with Crippen molar-refractivity contribution in [3.05, 3.63) is 34.1 Å². The largest absolute Gasteiger partial charge is 0.310 e. The molecule has 1 aliphatic rings. The SMILES string of the molecule is CC(C)(C)C1(Cc2ccc(Br)cc2F)CCCN1. The molecule has 0 saturated carbocycles. The van der Waals surface area contributed by atoms with Crippen LogP contribution in [0.25, 0.3) is 0 Å². The summed E-state index contributed by atoms with van der Waals surface area (Å²) >= 11 is 3.31.